The number of hydrogen-bond donors (Lipinski definition) is 2. The number of benzene rings is 2. The molecular formula is C24H24ClN3O3. The van der Waals surface area contributed by atoms with Crippen LogP contribution in [0.15, 0.2) is 58.1 Å². The lowest BCUT2D eigenvalue weighted by Gasteiger charge is -2.33. The third-order valence-electron chi connectivity index (χ3n) is 5.77. The van der Waals surface area contributed by atoms with Crippen molar-refractivity contribution in [2.24, 2.45) is 5.92 Å². The van der Waals surface area contributed by atoms with E-state index in [0.717, 1.165) is 31.5 Å². The number of nitrogens with zero attached hydrogens (tertiary/aromatic N) is 1. The van der Waals surface area contributed by atoms with Crippen LogP contribution in [0.5, 0.6) is 0 Å². The lowest BCUT2D eigenvalue weighted by molar-refractivity contribution is 0.102. The molecular weight excluding hydrogens is 414 g/mol. The molecule has 1 fully saturated rings. The Morgan fingerprint density at radius 3 is 2.29 bits per heavy atom. The van der Waals surface area contributed by atoms with Crippen LogP contribution in [0.4, 0.5) is 17.1 Å². The van der Waals surface area contributed by atoms with Crippen molar-refractivity contribution in [1.29, 1.82) is 0 Å². The molecule has 0 saturated carbocycles. The van der Waals surface area contributed by atoms with Gasteiger partial charge in [0.1, 0.15) is 11.4 Å². The van der Waals surface area contributed by atoms with Crippen molar-refractivity contribution >= 4 is 34.6 Å². The van der Waals surface area contributed by atoms with Crippen molar-refractivity contribution in [2.45, 2.75) is 26.3 Å². The van der Waals surface area contributed by atoms with E-state index in [1.807, 2.05) is 17.0 Å². The van der Waals surface area contributed by atoms with E-state index in [9.17, 15) is 14.4 Å². The number of rotatable bonds is 6. The first-order valence-corrected chi connectivity index (χ1v) is 10.8. The van der Waals surface area contributed by atoms with Gasteiger partial charge in [0.05, 0.1) is 0 Å². The molecule has 0 spiro atoms. The van der Waals surface area contributed by atoms with Gasteiger partial charge in [-0.05, 0) is 60.7 Å². The van der Waals surface area contributed by atoms with E-state index >= 15 is 0 Å². The van der Waals surface area contributed by atoms with Gasteiger partial charge in [0, 0.05) is 35.9 Å². The van der Waals surface area contributed by atoms with Crippen molar-refractivity contribution in [3.8, 4) is 0 Å². The monoisotopic (exact) mass is 437 g/mol. The van der Waals surface area contributed by atoms with Crippen LogP contribution in [-0.4, -0.2) is 19.0 Å². The highest BCUT2D eigenvalue weighted by molar-refractivity contribution is 6.30. The van der Waals surface area contributed by atoms with Gasteiger partial charge in [0.15, 0.2) is 0 Å². The van der Waals surface area contributed by atoms with Crippen LogP contribution in [0.1, 0.15) is 35.7 Å². The van der Waals surface area contributed by atoms with Crippen LogP contribution in [0.3, 0.4) is 0 Å². The van der Waals surface area contributed by atoms with Crippen molar-refractivity contribution in [3.05, 3.63) is 85.1 Å². The third kappa shape index (κ3) is 4.64. The molecule has 6 nitrogen and oxygen atoms in total. The molecule has 160 valence electrons. The molecule has 4 rings (SSSR count). The predicted molar refractivity (Wildman–Crippen MR) is 125 cm³/mol. The average Bonchev–Trinajstić information content (AvgIpc) is 2.79. The first-order chi connectivity index (χ1) is 14.9. The normalized spacial score (nSPS) is 14.6. The Bertz CT molecular complexity index is 1140. The fourth-order valence-electron chi connectivity index (χ4n) is 3.78. The summed E-state index contributed by atoms with van der Waals surface area (Å²) in [6.45, 7) is 4.22. The standard InChI is InChI=1S/C24H24ClN3O3/c1-15-10-12-28(13-11-15)21-20(22(29)23(21)30)26-14-16-2-4-17(5-3-16)24(31)27-19-8-6-18(25)7-9-19/h2-9,15,26H,10-14H2,1H3,(H,27,31). The van der Waals surface area contributed by atoms with Crippen LogP contribution < -0.4 is 26.4 Å². The zero-order valence-corrected chi connectivity index (χ0v) is 18.0. The van der Waals surface area contributed by atoms with Crippen LogP contribution in [0, 0.1) is 5.92 Å². The smallest absolute Gasteiger partial charge is 0.255 e. The highest BCUT2D eigenvalue weighted by Crippen LogP contribution is 2.26. The van der Waals surface area contributed by atoms with Gasteiger partial charge in [-0.25, -0.2) is 0 Å². The Hall–Kier alpha value is -3.12. The first-order valence-electron chi connectivity index (χ1n) is 10.4. The molecule has 1 aliphatic heterocycles. The second kappa shape index (κ2) is 8.94. The van der Waals surface area contributed by atoms with E-state index in [2.05, 4.69) is 17.6 Å². The quantitative estimate of drug-likeness (QED) is 0.569. The number of piperidine rings is 1. The molecule has 1 amide bonds. The van der Waals surface area contributed by atoms with Gasteiger partial charge >= 0.3 is 0 Å². The van der Waals surface area contributed by atoms with Crippen LogP contribution in [-0.2, 0) is 6.54 Å². The van der Waals surface area contributed by atoms with Crippen molar-refractivity contribution in [1.82, 2.24) is 0 Å². The van der Waals surface area contributed by atoms with E-state index in [4.69, 9.17) is 11.6 Å². The third-order valence-corrected chi connectivity index (χ3v) is 6.02. The average molecular weight is 438 g/mol. The molecule has 1 aliphatic rings. The lowest BCUT2D eigenvalue weighted by atomic mass is 9.98. The predicted octanol–water partition coefficient (Wildman–Crippen LogP) is 4.04. The number of halogens is 1. The largest absolute Gasteiger partial charge is 0.376 e. The topological polar surface area (TPSA) is 78.5 Å². The number of carbonyl (C=O) groups is 1. The maximum Gasteiger partial charge on any atom is 0.255 e. The molecule has 0 atom stereocenters. The summed E-state index contributed by atoms with van der Waals surface area (Å²) in [4.78, 5) is 38.6. The van der Waals surface area contributed by atoms with Crippen LogP contribution >= 0.6 is 11.6 Å². The highest BCUT2D eigenvalue weighted by atomic mass is 35.5. The Kier molecular flexibility index (Phi) is 6.09. The molecule has 1 saturated heterocycles. The molecule has 0 aliphatic carbocycles. The summed E-state index contributed by atoms with van der Waals surface area (Å²) >= 11 is 5.86. The fraction of sp³-hybridized carbons (Fsp3) is 0.292. The molecule has 0 unspecified atom stereocenters. The Balaban J connectivity index is 1.37. The molecule has 31 heavy (non-hydrogen) atoms. The molecule has 0 radical (unpaired) electrons. The summed E-state index contributed by atoms with van der Waals surface area (Å²) in [5.41, 5.74) is 2.18. The number of anilines is 3. The van der Waals surface area contributed by atoms with Gasteiger partial charge in [-0.3, -0.25) is 14.4 Å². The van der Waals surface area contributed by atoms with E-state index in [-0.39, 0.29) is 5.91 Å². The second-order valence-electron chi connectivity index (χ2n) is 8.06. The Morgan fingerprint density at radius 2 is 1.65 bits per heavy atom. The number of amides is 1. The molecule has 0 aromatic heterocycles. The number of nitrogens with one attached hydrogen (secondary N) is 2. The zero-order chi connectivity index (χ0) is 22.0. The molecule has 3 aromatic rings. The Labute approximate surface area is 185 Å². The fourth-order valence-corrected chi connectivity index (χ4v) is 3.90. The maximum atomic E-state index is 12.4. The first kappa shape index (κ1) is 21.1. The van der Waals surface area contributed by atoms with Crippen molar-refractivity contribution in [2.75, 3.05) is 28.6 Å². The van der Waals surface area contributed by atoms with E-state index in [1.165, 1.54) is 0 Å². The number of carbonyl (C=O) groups excluding carboxylic acids is 1. The maximum absolute atomic E-state index is 12.4. The molecule has 0 bridgehead atoms. The minimum Gasteiger partial charge on any atom is -0.376 e. The molecule has 3 aromatic carbocycles. The van der Waals surface area contributed by atoms with E-state index < -0.39 is 10.9 Å². The van der Waals surface area contributed by atoms with E-state index in [0.29, 0.717) is 40.1 Å². The summed E-state index contributed by atoms with van der Waals surface area (Å²) in [5.74, 6) is 0.431. The van der Waals surface area contributed by atoms with Gasteiger partial charge < -0.3 is 15.5 Å². The number of hydrogen-bond acceptors (Lipinski definition) is 5. The van der Waals surface area contributed by atoms with Gasteiger partial charge in [0.25, 0.3) is 16.8 Å². The summed E-state index contributed by atoms with van der Waals surface area (Å²) in [6, 6.07) is 14.0. The highest BCUT2D eigenvalue weighted by Gasteiger charge is 2.28. The lowest BCUT2D eigenvalue weighted by Crippen LogP contribution is -2.45. The van der Waals surface area contributed by atoms with Crippen LogP contribution in [0.2, 0.25) is 5.02 Å². The zero-order valence-electron chi connectivity index (χ0n) is 17.3. The summed E-state index contributed by atoms with van der Waals surface area (Å²) in [6.07, 6.45) is 2.05. The Morgan fingerprint density at radius 1 is 1.00 bits per heavy atom. The molecule has 1 heterocycles. The van der Waals surface area contributed by atoms with Gasteiger partial charge in [0.2, 0.25) is 0 Å². The minimum atomic E-state index is -0.451. The molecule has 7 heteroatoms. The summed E-state index contributed by atoms with van der Waals surface area (Å²) < 4.78 is 0. The van der Waals surface area contributed by atoms with E-state index in [1.54, 1.807) is 36.4 Å². The van der Waals surface area contributed by atoms with Crippen molar-refractivity contribution in [3.63, 3.8) is 0 Å². The second-order valence-corrected chi connectivity index (χ2v) is 8.50. The van der Waals surface area contributed by atoms with Gasteiger partial charge in [-0.2, -0.15) is 0 Å². The van der Waals surface area contributed by atoms with Gasteiger partial charge in [-0.1, -0.05) is 30.7 Å². The van der Waals surface area contributed by atoms with Crippen molar-refractivity contribution < 1.29 is 4.79 Å². The van der Waals surface area contributed by atoms with Gasteiger partial charge in [-0.15, -0.1) is 0 Å². The summed E-state index contributed by atoms with van der Waals surface area (Å²) in [5, 5.41) is 6.55. The molecule has 2 N–H and O–H groups in total. The van der Waals surface area contributed by atoms with Crippen LogP contribution in [0.25, 0.3) is 0 Å². The minimum absolute atomic E-state index is 0.217. The summed E-state index contributed by atoms with van der Waals surface area (Å²) in [7, 11) is 0. The SMILES string of the molecule is CC1CCN(c2c(NCc3ccc(C(=O)Nc4ccc(Cl)cc4)cc3)c(=O)c2=O)CC1.